The van der Waals surface area contributed by atoms with Crippen molar-refractivity contribution in [2.75, 3.05) is 6.67 Å². The highest BCUT2D eigenvalue weighted by molar-refractivity contribution is 4.96. The number of alkyl halides is 1. The van der Waals surface area contributed by atoms with Crippen LogP contribution in [0.2, 0.25) is 0 Å². The van der Waals surface area contributed by atoms with Crippen LogP contribution in [0.3, 0.4) is 0 Å². The van der Waals surface area contributed by atoms with Crippen LogP contribution in [0.1, 0.15) is 6.42 Å². The van der Waals surface area contributed by atoms with Crippen LogP contribution in [0.25, 0.3) is 0 Å². The van der Waals surface area contributed by atoms with E-state index in [1.54, 1.807) is 18.2 Å². The predicted molar refractivity (Wildman–Crippen MR) is 29.9 cm³/mol. The lowest BCUT2D eigenvalue weighted by Crippen LogP contribution is -1.64. The van der Waals surface area contributed by atoms with Crippen LogP contribution in [-0.2, 0) is 0 Å². The SMILES string of the molecule is C=CC=CCCF. The molecule has 7 heavy (non-hydrogen) atoms. The summed E-state index contributed by atoms with van der Waals surface area (Å²) in [7, 11) is 0. The molecule has 0 saturated carbocycles. The van der Waals surface area contributed by atoms with Gasteiger partial charge < -0.3 is 0 Å². The molecular formula is C6H9F. The summed E-state index contributed by atoms with van der Waals surface area (Å²) in [6.45, 7) is 3.15. The van der Waals surface area contributed by atoms with E-state index in [0.717, 1.165) is 0 Å². The molecule has 0 radical (unpaired) electrons. The maximum absolute atomic E-state index is 11.2. The fraction of sp³-hybridized carbons (Fsp3) is 0.333. The van der Waals surface area contributed by atoms with Crippen LogP contribution in [0.4, 0.5) is 4.39 Å². The van der Waals surface area contributed by atoms with Crippen molar-refractivity contribution in [1.82, 2.24) is 0 Å². The van der Waals surface area contributed by atoms with E-state index in [2.05, 4.69) is 6.58 Å². The van der Waals surface area contributed by atoms with Crippen molar-refractivity contribution in [3.8, 4) is 0 Å². The molecule has 0 aromatic rings. The smallest absolute Gasteiger partial charge is 0.0928 e. The standard InChI is InChI=1S/C6H9F/c1-2-3-4-5-6-7/h2-4H,1,5-6H2. The van der Waals surface area contributed by atoms with Gasteiger partial charge in [-0.2, -0.15) is 0 Å². The van der Waals surface area contributed by atoms with Gasteiger partial charge in [0.15, 0.2) is 0 Å². The Balaban J connectivity index is 2.92. The van der Waals surface area contributed by atoms with E-state index in [-0.39, 0.29) is 6.67 Å². The van der Waals surface area contributed by atoms with Crippen molar-refractivity contribution in [2.45, 2.75) is 6.42 Å². The Bertz CT molecular complexity index is 64.6. The Hall–Kier alpha value is -0.590. The molecule has 0 rings (SSSR count). The second kappa shape index (κ2) is 5.41. The van der Waals surface area contributed by atoms with E-state index in [9.17, 15) is 4.39 Å². The van der Waals surface area contributed by atoms with Crippen LogP contribution in [0.15, 0.2) is 24.8 Å². The number of allylic oxidation sites excluding steroid dienone is 3. The molecule has 0 aromatic heterocycles. The molecule has 0 fully saturated rings. The van der Waals surface area contributed by atoms with Gasteiger partial charge in [-0.1, -0.05) is 24.8 Å². The molecule has 0 spiro atoms. The van der Waals surface area contributed by atoms with E-state index in [4.69, 9.17) is 0 Å². The molecular weight excluding hydrogens is 91.1 g/mol. The maximum Gasteiger partial charge on any atom is 0.0928 e. The Morgan fingerprint density at radius 3 is 2.71 bits per heavy atom. The molecule has 0 unspecified atom stereocenters. The fourth-order valence-electron chi connectivity index (χ4n) is 0.255. The first-order valence-corrected chi connectivity index (χ1v) is 2.25. The van der Waals surface area contributed by atoms with E-state index in [0.29, 0.717) is 6.42 Å². The molecule has 0 aliphatic heterocycles. The molecule has 0 aromatic carbocycles. The van der Waals surface area contributed by atoms with Gasteiger partial charge in [0.2, 0.25) is 0 Å². The maximum atomic E-state index is 11.2. The summed E-state index contributed by atoms with van der Waals surface area (Å²) in [4.78, 5) is 0. The lowest BCUT2D eigenvalue weighted by atomic mass is 10.4. The highest BCUT2D eigenvalue weighted by atomic mass is 19.1. The highest BCUT2D eigenvalue weighted by Gasteiger charge is 1.69. The minimum absolute atomic E-state index is 0.273. The molecule has 0 nitrogen and oxygen atoms in total. The largest absolute Gasteiger partial charge is 0.251 e. The molecule has 1 heteroatoms. The summed E-state index contributed by atoms with van der Waals surface area (Å²) in [5.74, 6) is 0. The number of hydrogen-bond donors (Lipinski definition) is 0. The van der Waals surface area contributed by atoms with E-state index in [1.807, 2.05) is 0 Å². The average molecular weight is 100 g/mol. The second-order valence-electron chi connectivity index (χ2n) is 1.14. The molecule has 40 valence electrons. The Labute approximate surface area is 43.4 Å². The van der Waals surface area contributed by atoms with Crippen LogP contribution in [0.5, 0.6) is 0 Å². The summed E-state index contributed by atoms with van der Waals surface area (Å²) >= 11 is 0. The van der Waals surface area contributed by atoms with Gasteiger partial charge in [0.1, 0.15) is 0 Å². The lowest BCUT2D eigenvalue weighted by molar-refractivity contribution is 0.501. The van der Waals surface area contributed by atoms with Gasteiger partial charge >= 0.3 is 0 Å². The topological polar surface area (TPSA) is 0 Å². The van der Waals surface area contributed by atoms with Crippen molar-refractivity contribution in [3.05, 3.63) is 24.8 Å². The van der Waals surface area contributed by atoms with E-state index in [1.165, 1.54) is 0 Å². The zero-order chi connectivity index (χ0) is 5.54. The number of hydrogen-bond acceptors (Lipinski definition) is 0. The van der Waals surface area contributed by atoms with Gasteiger partial charge in [0, 0.05) is 0 Å². The average Bonchev–Trinajstić information content (AvgIpc) is 1.69. The van der Waals surface area contributed by atoms with Crippen LogP contribution < -0.4 is 0 Å². The fourth-order valence-corrected chi connectivity index (χ4v) is 0.255. The van der Waals surface area contributed by atoms with Crippen molar-refractivity contribution < 1.29 is 4.39 Å². The predicted octanol–water partition coefficient (Wildman–Crippen LogP) is 2.09. The zero-order valence-electron chi connectivity index (χ0n) is 4.23. The number of rotatable bonds is 3. The molecule has 0 amide bonds. The third-order valence-electron chi connectivity index (χ3n) is 0.548. The van der Waals surface area contributed by atoms with Crippen molar-refractivity contribution in [3.63, 3.8) is 0 Å². The monoisotopic (exact) mass is 100 g/mol. The van der Waals surface area contributed by atoms with Crippen molar-refractivity contribution in [1.29, 1.82) is 0 Å². The first kappa shape index (κ1) is 6.41. The summed E-state index contributed by atoms with van der Waals surface area (Å²) in [5.41, 5.74) is 0. The van der Waals surface area contributed by atoms with Crippen LogP contribution in [0, 0.1) is 0 Å². The second-order valence-corrected chi connectivity index (χ2v) is 1.14. The zero-order valence-corrected chi connectivity index (χ0v) is 4.23. The van der Waals surface area contributed by atoms with Gasteiger partial charge in [-0.3, -0.25) is 4.39 Å². The lowest BCUT2D eigenvalue weighted by Gasteiger charge is -1.74. The molecule has 0 saturated heterocycles. The third kappa shape index (κ3) is 5.41. The molecule has 0 heterocycles. The Morgan fingerprint density at radius 1 is 1.57 bits per heavy atom. The van der Waals surface area contributed by atoms with Gasteiger partial charge in [-0.25, -0.2) is 0 Å². The van der Waals surface area contributed by atoms with E-state index < -0.39 is 0 Å². The third-order valence-corrected chi connectivity index (χ3v) is 0.548. The van der Waals surface area contributed by atoms with E-state index >= 15 is 0 Å². The van der Waals surface area contributed by atoms with Crippen LogP contribution >= 0.6 is 0 Å². The van der Waals surface area contributed by atoms with Crippen molar-refractivity contribution in [2.24, 2.45) is 0 Å². The number of halogens is 1. The summed E-state index contributed by atoms with van der Waals surface area (Å²) in [5, 5.41) is 0. The van der Waals surface area contributed by atoms with Crippen molar-refractivity contribution >= 4 is 0 Å². The first-order valence-electron chi connectivity index (χ1n) is 2.25. The Morgan fingerprint density at radius 2 is 2.29 bits per heavy atom. The van der Waals surface area contributed by atoms with Gasteiger partial charge in [0.05, 0.1) is 6.67 Å². The first-order chi connectivity index (χ1) is 3.41. The minimum atomic E-state index is -0.273. The highest BCUT2D eigenvalue weighted by Crippen LogP contribution is 1.82. The molecule has 0 bridgehead atoms. The van der Waals surface area contributed by atoms with Gasteiger partial charge in [-0.05, 0) is 6.42 Å². The molecule has 0 aliphatic rings. The molecule has 0 N–H and O–H groups in total. The summed E-state index contributed by atoms with van der Waals surface area (Å²) < 4.78 is 11.2. The quantitative estimate of drug-likeness (QED) is 0.476. The normalized spacial score (nSPS) is 9.86. The Kier molecular flexibility index (Phi) is 4.95. The van der Waals surface area contributed by atoms with Crippen LogP contribution in [-0.4, -0.2) is 6.67 Å². The molecule has 0 atom stereocenters. The minimum Gasteiger partial charge on any atom is -0.251 e. The summed E-state index contributed by atoms with van der Waals surface area (Å²) in [6, 6.07) is 0. The van der Waals surface area contributed by atoms with Gasteiger partial charge in [-0.15, -0.1) is 0 Å². The molecule has 0 aliphatic carbocycles. The summed E-state index contributed by atoms with van der Waals surface area (Å²) in [6.07, 6.45) is 5.62. The van der Waals surface area contributed by atoms with Gasteiger partial charge in [0.25, 0.3) is 0 Å².